The zero-order valence-electron chi connectivity index (χ0n) is 13.8. The first-order valence-corrected chi connectivity index (χ1v) is 8.17. The van der Waals surface area contributed by atoms with E-state index < -0.39 is 0 Å². The Morgan fingerprint density at radius 3 is 2.61 bits per heavy atom. The molecule has 128 valence electrons. The van der Waals surface area contributed by atoms with Gasteiger partial charge in [-0.2, -0.15) is 0 Å². The number of piperazine rings is 1. The zero-order valence-corrected chi connectivity index (χ0v) is 13.8. The molecule has 6 heteroatoms. The monoisotopic (exact) mass is 321 g/mol. The van der Waals surface area contributed by atoms with E-state index in [-0.39, 0.29) is 12.5 Å². The molecule has 0 saturated carbocycles. The second-order valence-corrected chi connectivity index (χ2v) is 5.75. The molecule has 1 fully saturated rings. The number of aliphatic hydroxyl groups excluding tert-OH is 1. The van der Waals surface area contributed by atoms with Gasteiger partial charge in [-0.1, -0.05) is 18.2 Å². The molecule has 0 unspecified atom stereocenters. The van der Waals surface area contributed by atoms with Crippen molar-refractivity contribution in [3.63, 3.8) is 0 Å². The third-order valence-electron chi connectivity index (χ3n) is 4.16. The number of benzene rings is 1. The Morgan fingerprint density at radius 2 is 1.91 bits per heavy atom. The van der Waals surface area contributed by atoms with E-state index in [1.54, 1.807) is 7.11 Å². The van der Waals surface area contributed by atoms with Crippen molar-refractivity contribution in [2.24, 2.45) is 0 Å². The van der Waals surface area contributed by atoms with Crippen molar-refractivity contribution in [1.29, 1.82) is 0 Å². The maximum Gasteiger partial charge on any atom is 0.234 e. The second kappa shape index (κ2) is 9.50. The topological polar surface area (TPSA) is 65.0 Å². The summed E-state index contributed by atoms with van der Waals surface area (Å²) in [5.41, 5.74) is 1.10. The van der Waals surface area contributed by atoms with Gasteiger partial charge >= 0.3 is 0 Å². The molecule has 2 N–H and O–H groups in total. The molecule has 0 aliphatic carbocycles. The molecule has 6 nitrogen and oxygen atoms in total. The number of methoxy groups -OCH3 is 1. The number of rotatable bonds is 8. The van der Waals surface area contributed by atoms with Crippen molar-refractivity contribution in [3.05, 3.63) is 29.8 Å². The lowest BCUT2D eigenvalue weighted by molar-refractivity contribution is -0.122. The maximum absolute atomic E-state index is 12.0. The van der Waals surface area contributed by atoms with E-state index in [4.69, 9.17) is 9.84 Å². The second-order valence-electron chi connectivity index (χ2n) is 5.75. The van der Waals surface area contributed by atoms with Crippen LogP contribution in [0.25, 0.3) is 0 Å². The van der Waals surface area contributed by atoms with Crippen LogP contribution in [0.3, 0.4) is 0 Å². The lowest BCUT2D eigenvalue weighted by Gasteiger charge is -2.33. The summed E-state index contributed by atoms with van der Waals surface area (Å²) in [6, 6.07) is 7.87. The lowest BCUT2D eigenvalue weighted by Crippen LogP contribution is -2.50. The normalized spacial score (nSPS) is 16.3. The van der Waals surface area contributed by atoms with Crippen LogP contribution in [0.4, 0.5) is 0 Å². The fourth-order valence-corrected chi connectivity index (χ4v) is 2.82. The molecule has 1 amide bonds. The van der Waals surface area contributed by atoms with Gasteiger partial charge in [0.2, 0.25) is 5.91 Å². The van der Waals surface area contributed by atoms with Crippen LogP contribution in [-0.4, -0.2) is 80.3 Å². The summed E-state index contributed by atoms with van der Waals surface area (Å²) in [7, 11) is 1.66. The summed E-state index contributed by atoms with van der Waals surface area (Å²) in [5, 5.41) is 11.9. The third-order valence-corrected chi connectivity index (χ3v) is 4.16. The van der Waals surface area contributed by atoms with E-state index in [1.807, 2.05) is 24.3 Å². The standard InChI is InChI=1S/C17H27N3O3/c1-23-16-5-3-2-4-15(16)6-7-18-17(22)14-20-10-8-19(9-11-20)12-13-21/h2-5,21H,6-14H2,1H3,(H,18,22). The minimum atomic E-state index is 0.0653. The van der Waals surface area contributed by atoms with Crippen molar-refractivity contribution in [1.82, 2.24) is 15.1 Å². The molecule has 0 atom stereocenters. The van der Waals surface area contributed by atoms with Crippen LogP contribution in [0.1, 0.15) is 5.56 Å². The van der Waals surface area contributed by atoms with Gasteiger partial charge in [0.05, 0.1) is 20.3 Å². The van der Waals surface area contributed by atoms with Crippen LogP contribution in [-0.2, 0) is 11.2 Å². The lowest BCUT2D eigenvalue weighted by atomic mass is 10.1. The van der Waals surface area contributed by atoms with E-state index in [2.05, 4.69) is 15.1 Å². The summed E-state index contributed by atoms with van der Waals surface area (Å²) >= 11 is 0. The molecule has 1 saturated heterocycles. The van der Waals surface area contributed by atoms with E-state index in [1.165, 1.54) is 0 Å². The van der Waals surface area contributed by atoms with E-state index in [0.29, 0.717) is 13.1 Å². The highest BCUT2D eigenvalue weighted by Gasteiger charge is 2.18. The molecular weight excluding hydrogens is 294 g/mol. The highest BCUT2D eigenvalue weighted by atomic mass is 16.5. The van der Waals surface area contributed by atoms with Gasteiger partial charge < -0.3 is 15.2 Å². The van der Waals surface area contributed by atoms with Crippen LogP contribution in [0, 0.1) is 0 Å². The molecule has 2 rings (SSSR count). The van der Waals surface area contributed by atoms with Gasteiger partial charge in [-0.05, 0) is 18.1 Å². The summed E-state index contributed by atoms with van der Waals surface area (Å²) < 4.78 is 5.31. The molecule has 1 heterocycles. The first-order chi connectivity index (χ1) is 11.2. The number of aliphatic hydroxyl groups is 1. The number of β-amino-alcohol motifs (C(OH)–C–C–N with tert-alkyl or cyclic N) is 1. The minimum absolute atomic E-state index is 0.0653. The van der Waals surface area contributed by atoms with Crippen LogP contribution in [0.5, 0.6) is 5.75 Å². The van der Waals surface area contributed by atoms with Crippen molar-refractivity contribution in [2.45, 2.75) is 6.42 Å². The van der Waals surface area contributed by atoms with Gasteiger partial charge in [-0.3, -0.25) is 14.6 Å². The average Bonchev–Trinajstić information content (AvgIpc) is 2.57. The largest absolute Gasteiger partial charge is 0.496 e. The fraction of sp³-hybridized carbons (Fsp3) is 0.588. The number of amides is 1. The predicted octanol–water partition coefficient (Wildman–Crippen LogP) is -0.0362. The quantitative estimate of drug-likeness (QED) is 0.704. The van der Waals surface area contributed by atoms with Gasteiger partial charge in [-0.15, -0.1) is 0 Å². The van der Waals surface area contributed by atoms with Crippen molar-refractivity contribution >= 4 is 5.91 Å². The summed E-state index contributed by atoms with van der Waals surface area (Å²) in [4.78, 5) is 16.4. The zero-order chi connectivity index (χ0) is 16.5. The Morgan fingerprint density at radius 1 is 1.22 bits per heavy atom. The number of para-hydroxylation sites is 1. The number of nitrogens with zero attached hydrogens (tertiary/aromatic N) is 2. The highest BCUT2D eigenvalue weighted by molar-refractivity contribution is 5.78. The van der Waals surface area contributed by atoms with Gasteiger partial charge in [0.1, 0.15) is 5.75 Å². The van der Waals surface area contributed by atoms with Crippen LogP contribution >= 0.6 is 0 Å². The number of hydrogen-bond donors (Lipinski definition) is 2. The molecule has 0 bridgehead atoms. The van der Waals surface area contributed by atoms with Crippen LogP contribution < -0.4 is 10.1 Å². The number of nitrogens with one attached hydrogen (secondary N) is 1. The Labute approximate surface area is 138 Å². The third kappa shape index (κ3) is 5.82. The van der Waals surface area contributed by atoms with E-state index in [0.717, 1.165) is 50.5 Å². The first-order valence-electron chi connectivity index (χ1n) is 8.17. The predicted molar refractivity (Wildman–Crippen MR) is 89.7 cm³/mol. The van der Waals surface area contributed by atoms with Gasteiger partial charge in [-0.25, -0.2) is 0 Å². The van der Waals surface area contributed by atoms with Crippen molar-refractivity contribution in [2.75, 3.05) is 59.5 Å². The Hall–Kier alpha value is -1.63. The summed E-state index contributed by atoms with van der Waals surface area (Å²) in [6.07, 6.45) is 0.764. The summed E-state index contributed by atoms with van der Waals surface area (Å²) in [5.74, 6) is 0.928. The van der Waals surface area contributed by atoms with Crippen LogP contribution in [0.2, 0.25) is 0 Å². The van der Waals surface area contributed by atoms with Crippen molar-refractivity contribution < 1.29 is 14.6 Å². The molecule has 1 aliphatic heterocycles. The first kappa shape index (κ1) is 17.7. The average molecular weight is 321 g/mol. The number of carbonyl (C=O) groups excluding carboxylic acids is 1. The minimum Gasteiger partial charge on any atom is -0.496 e. The van der Waals surface area contributed by atoms with Gasteiger partial charge in [0.25, 0.3) is 0 Å². The molecular formula is C17H27N3O3. The Bertz CT molecular complexity index is 488. The van der Waals surface area contributed by atoms with E-state index >= 15 is 0 Å². The maximum atomic E-state index is 12.0. The van der Waals surface area contributed by atoms with Crippen LogP contribution in [0.15, 0.2) is 24.3 Å². The number of ether oxygens (including phenoxy) is 1. The molecule has 0 aromatic heterocycles. The SMILES string of the molecule is COc1ccccc1CCNC(=O)CN1CCN(CCO)CC1. The van der Waals surface area contributed by atoms with Gasteiger partial charge in [0, 0.05) is 39.3 Å². The Kier molecular flexibility index (Phi) is 7.32. The smallest absolute Gasteiger partial charge is 0.234 e. The summed E-state index contributed by atoms with van der Waals surface area (Å²) in [6.45, 7) is 5.55. The highest BCUT2D eigenvalue weighted by Crippen LogP contribution is 2.17. The van der Waals surface area contributed by atoms with Gasteiger partial charge in [0.15, 0.2) is 0 Å². The molecule has 23 heavy (non-hydrogen) atoms. The number of hydrogen-bond acceptors (Lipinski definition) is 5. The molecule has 1 aromatic rings. The number of carbonyl (C=O) groups is 1. The molecule has 0 spiro atoms. The molecule has 0 radical (unpaired) electrons. The Balaban J connectivity index is 1.66. The van der Waals surface area contributed by atoms with E-state index in [9.17, 15) is 4.79 Å². The van der Waals surface area contributed by atoms with Crippen molar-refractivity contribution in [3.8, 4) is 5.75 Å². The fourth-order valence-electron chi connectivity index (χ4n) is 2.82. The molecule has 1 aromatic carbocycles. The molecule has 1 aliphatic rings.